The fourth-order valence-corrected chi connectivity index (χ4v) is 2.26. The first-order valence-electron chi connectivity index (χ1n) is 7.12. The summed E-state index contributed by atoms with van der Waals surface area (Å²) in [7, 11) is -0.785. The van der Waals surface area contributed by atoms with E-state index in [1.54, 1.807) is 0 Å². The average molecular weight is 362 g/mol. The van der Waals surface area contributed by atoms with Crippen LogP contribution in [0.25, 0.3) is 0 Å². The summed E-state index contributed by atoms with van der Waals surface area (Å²) in [5, 5.41) is 2.53. The minimum absolute atomic E-state index is 0.100. The number of hydrogen-bond donors (Lipinski definition) is 2. The standard InChI is InChI=1S/C14H18BF3N2O3S/c1-12(2)13(3,4)23-15(22-12)9-6-5-8(21-14(16,17)18)7-10(9)20-11(19)24/h5-7H,1-4H3,(H3,19,20,24). The minimum Gasteiger partial charge on any atom is -0.406 e. The Bertz CT molecular complexity index is 637. The maximum absolute atomic E-state index is 12.4. The SMILES string of the molecule is CC1(C)OB(c2ccc(OC(F)(F)F)cc2NC(N)=S)OC1(C)C. The van der Waals surface area contributed by atoms with Crippen molar-refractivity contribution >= 4 is 35.6 Å². The molecule has 1 aliphatic heterocycles. The Morgan fingerprint density at radius 2 is 1.75 bits per heavy atom. The number of nitrogens with two attached hydrogens (primary N) is 1. The number of alkyl halides is 3. The highest BCUT2D eigenvalue weighted by Crippen LogP contribution is 2.37. The number of ether oxygens (including phenoxy) is 1. The van der Waals surface area contributed by atoms with Gasteiger partial charge >= 0.3 is 13.5 Å². The van der Waals surface area contributed by atoms with Gasteiger partial charge in [-0.3, -0.25) is 0 Å². The quantitative estimate of drug-likeness (QED) is 0.637. The lowest BCUT2D eigenvalue weighted by Gasteiger charge is -2.32. The first-order chi connectivity index (χ1) is 10.8. The van der Waals surface area contributed by atoms with Crippen LogP contribution in [0.4, 0.5) is 18.9 Å². The first kappa shape index (κ1) is 18.8. The number of hydrogen-bond acceptors (Lipinski definition) is 4. The number of thiocarbonyl (C=S) groups is 1. The van der Waals surface area contributed by atoms with Crippen LogP contribution in [-0.4, -0.2) is 29.8 Å². The molecule has 0 atom stereocenters. The largest absolute Gasteiger partial charge is 0.573 e. The molecule has 2 rings (SSSR count). The van der Waals surface area contributed by atoms with E-state index in [2.05, 4.69) is 10.1 Å². The molecule has 3 N–H and O–H groups in total. The van der Waals surface area contributed by atoms with Crippen LogP contribution in [0.2, 0.25) is 0 Å². The van der Waals surface area contributed by atoms with Gasteiger partial charge in [-0.25, -0.2) is 0 Å². The van der Waals surface area contributed by atoms with Crippen molar-refractivity contribution in [1.29, 1.82) is 0 Å². The highest BCUT2D eigenvalue weighted by atomic mass is 32.1. The summed E-state index contributed by atoms with van der Waals surface area (Å²) < 4.78 is 52.9. The van der Waals surface area contributed by atoms with Gasteiger partial charge in [-0.15, -0.1) is 13.2 Å². The summed E-state index contributed by atoms with van der Waals surface area (Å²) in [5.74, 6) is -0.401. The van der Waals surface area contributed by atoms with Crippen molar-refractivity contribution in [2.24, 2.45) is 5.73 Å². The molecule has 1 heterocycles. The third-order valence-electron chi connectivity index (χ3n) is 4.02. The van der Waals surface area contributed by atoms with Gasteiger partial charge in [-0.1, -0.05) is 6.07 Å². The number of halogens is 3. The lowest BCUT2D eigenvalue weighted by atomic mass is 9.77. The lowest BCUT2D eigenvalue weighted by Crippen LogP contribution is -2.41. The fourth-order valence-electron chi connectivity index (χ4n) is 2.15. The summed E-state index contributed by atoms with van der Waals surface area (Å²) >= 11 is 4.78. The van der Waals surface area contributed by atoms with Crippen LogP contribution in [0.3, 0.4) is 0 Å². The van der Waals surface area contributed by atoms with Gasteiger partial charge in [0.25, 0.3) is 0 Å². The molecule has 1 aromatic rings. The van der Waals surface area contributed by atoms with E-state index in [0.717, 1.165) is 6.07 Å². The molecular weight excluding hydrogens is 344 g/mol. The first-order valence-corrected chi connectivity index (χ1v) is 7.53. The zero-order valence-electron chi connectivity index (χ0n) is 13.7. The maximum Gasteiger partial charge on any atom is 0.573 e. The van der Waals surface area contributed by atoms with Crippen LogP contribution in [0.15, 0.2) is 18.2 Å². The topological polar surface area (TPSA) is 65.7 Å². The van der Waals surface area contributed by atoms with E-state index in [0.29, 0.717) is 5.46 Å². The zero-order chi connectivity index (χ0) is 18.3. The van der Waals surface area contributed by atoms with Crippen molar-refractivity contribution in [3.05, 3.63) is 18.2 Å². The molecule has 0 amide bonds. The second-order valence-corrected chi connectivity index (χ2v) is 6.81. The molecule has 0 radical (unpaired) electrons. The molecule has 0 saturated carbocycles. The van der Waals surface area contributed by atoms with Crippen molar-refractivity contribution in [3.8, 4) is 5.75 Å². The van der Waals surface area contributed by atoms with Crippen molar-refractivity contribution in [2.75, 3.05) is 5.32 Å². The Hall–Kier alpha value is -1.52. The smallest absolute Gasteiger partial charge is 0.406 e. The molecule has 5 nitrogen and oxygen atoms in total. The van der Waals surface area contributed by atoms with Crippen LogP contribution in [0, 0.1) is 0 Å². The van der Waals surface area contributed by atoms with E-state index in [1.165, 1.54) is 12.1 Å². The summed E-state index contributed by atoms with van der Waals surface area (Å²) in [6.45, 7) is 7.48. The molecule has 0 aliphatic carbocycles. The third kappa shape index (κ3) is 4.11. The van der Waals surface area contributed by atoms with Crippen molar-refractivity contribution in [3.63, 3.8) is 0 Å². The summed E-state index contributed by atoms with van der Waals surface area (Å²) in [5.41, 5.74) is 4.95. The second kappa shape index (κ2) is 6.09. The Balaban J connectivity index is 2.37. The molecule has 0 aromatic heterocycles. The van der Waals surface area contributed by atoms with Crippen LogP contribution < -0.4 is 21.3 Å². The predicted octanol–water partition coefficient (Wildman–Crippen LogP) is 2.54. The summed E-state index contributed by atoms with van der Waals surface area (Å²) in [6, 6.07) is 3.75. The molecule has 1 aliphatic rings. The van der Waals surface area contributed by atoms with E-state index in [-0.39, 0.29) is 10.8 Å². The van der Waals surface area contributed by atoms with E-state index < -0.39 is 30.4 Å². The van der Waals surface area contributed by atoms with Gasteiger partial charge < -0.3 is 25.1 Å². The second-order valence-electron chi connectivity index (χ2n) is 6.37. The summed E-state index contributed by atoms with van der Waals surface area (Å²) in [4.78, 5) is 0. The number of benzene rings is 1. The number of anilines is 1. The lowest BCUT2D eigenvalue weighted by molar-refractivity contribution is -0.274. The van der Waals surface area contributed by atoms with Gasteiger partial charge in [0, 0.05) is 17.2 Å². The molecule has 0 unspecified atom stereocenters. The van der Waals surface area contributed by atoms with Crippen LogP contribution >= 0.6 is 12.2 Å². The summed E-state index contributed by atoms with van der Waals surface area (Å²) in [6.07, 6.45) is -4.80. The van der Waals surface area contributed by atoms with E-state index >= 15 is 0 Å². The van der Waals surface area contributed by atoms with E-state index in [4.69, 9.17) is 27.3 Å². The van der Waals surface area contributed by atoms with Gasteiger partial charge in [-0.05, 0) is 46.0 Å². The average Bonchev–Trinajstić information content (AvgIpc) is 2.55. The Kier molecular flexibility index (Phi) is 4.77. The minimum atomic E-state index is -4.80. The highest BCUT2D eigenvalue weighted by Gasteiger charge is 2.52. The van der Waals surface area contributed by atoms with Crippen LogP contribution in [-0.2, 0) is 9.31 Å². The number of rotatable bonds is 3. The molecule has 0 bridgehead atoms. The Morgan fingerprint density at radius 1 is 1.21 bits per heavy atom. The molecule has 0 spiro atoms. The van der Waals surface area contributed by atoms with Crippen molar-refractivity contribution in [1.82, 2.24) is 0 Å². The molecule has 24 heavy (non-hydrogen) atoms. The van der Waals surface area contributed by atoms with Gasteiger partial charge in [0.2, 0.25) is 0 Å². The van der Waals surface area contributed by atoms with Gasteiger partial charge in [0.05, 0.1) is 11.2 Å². The third-order valence-corrected chi connectivity index (χ3v) is 4.13. The maximum atomic E-state index is 12.4. The molecule has 132 valence electrons. The monoisotopic (exact) mass is 362 g/mol. The van der Waals surface area contributed by atoms with Crippen molar-refractivity contribution < 1.29 is 27.2 Å². The Morgan fingerprint density at radius 3 is 2.21 bits per heavy atom. The van der Waals surface area contributed by atoms with Crippen LogP contribution in [0.5, 0.6) is 5.75 Å². The fraction of sp³-hybridized carbons (Fsp3) is 0.500. The Labute approximate surface area is 143 Å². The molecular formula is C14H18BF3N2O3S. The van der Waals surface area contributed by atoms with Crippen molar-refractivity contribution in [2.45, 2.75) is 45.3 Å². The molecule has 10 heteroatoms. The van der Waals surface area contributed by atoms with E-state index in [9.17, 15) is 13.2 Å². The highest BCUT2D eigenvalue weighted by molar-refractivity contribution is 7.80. The normalized spacial score (nSPS) is 19.2. The van der Waals surface area contributed by atoms with Gasteiger partial charge in [-0.2, -0.15) is 0 Å². The van der Waals surface area contributed by atoms with Gasteiger partial charge in [0.1, 0.15) is 5.75 Å². The predicted molar refractivity (Wildman–Crippen MR) is 89.2 cm³/mol. The molecule has 1 saturated heterocycles. The number of nitrogens with one attached hydrogen (secondary N) is 1. The van der Waals surface area contributed by atoms with Gasteiger partial charge in [0.15, 0.2) is 5.11 Å². The molecule has 1 aromatic carbocycles. The van der Waals surface area contributed by atoms with E-state index in [1.807, 2.05) is 27.7 Å². The molecule has 1 fully saturated rings. The zero-order valence-corrected chi connectivity index (χ0v) is 14.5. The van der Waals surface area contributed by atoms with Crippen LogP contribution in [0.1, 0.15) is 27.7 Å².